The Morgan fingerprint density at radius 3 is 2.65 bits per heavy atom. The number of nitrogens with one attached hydrogen (secondary N) is 3. The Hall–Kier alpha value is -3.36. The number of ether oxygens (including phenoxy) is 1. The molecule has 2 heterocycles. The molecule has 0 aliphatic rings. The van der Waals surface area contributed by atoms with Crippen molar-refractivity contribution in [1.29, 1.82) is 0 Å². The first kappa shape index (κ1) is 17.5. The van der Waals surface area contributed by atoms with E-state index in [1.807, 2.05) is 6.92 Å². The normalized spacial score (nSPS) is 10.8. The molecule has 0 bridgehead atoms. The lowest BCUT2D eigenvalue weighted by molar-refractivity contribution is -0.116. The maximum absolute atomic E-state index is 12.1. The van der Waals surface area contributed by atoms with Gasteiger partial charge in [-0.15, -0.1) is 0 Å². The lowest BCUT2D eigenvalue weighted by atomic mass is 10.2. The van der Waals surface area contributed by atoms with E-state index in [2.05, 4.69) is 20.3 Å². The van der Waals surface area contributed by atoms with Gasteiger partial charge in [0.15, 0.2) is 5.65 Å². The molecule has 0 saturated carbocycles. The molecule has 9 nitrogen and oxygen atoms in total. The quantitative estimate of drug-likeness (QED) is 0.605. The van der Waals surface area contributed by atoms with E-state index in [-0.39, 0.29) is 23.5 Å². The fourth-order valence-corrected chi connectivity index (χ4v) is 2.53. The summed E-state index contributed by atoms with van der Waals surface area (Å²) in [4.78, 5) is 44.8. The molecule has 0 aliphatic heterocycles. The molecule has 0 radical (unpaired) electrons. The molecule has 0 spiro atoms. The maximum Gasteiger partial charge on any atom is 0.329 e. The summed E-state index contributed by atoms with van der Waals surface area (Å²) in [6, 6.07) is 7.09. The van der Waals surface area contributed by atoms with Crippen LogP contribution in [0, 0.1) is 0 Å². The molecule has 0 aliphatic carbocycles. The highest BCUT2D eigenvalue weighted by Gasteiger charge is 2.12. The molecule has 26 heavy (non-hydrogen) atoms. The van der Waals surface area contributed by atoms with E-state index in [9.17, 15) is 14.4 Å². The van der Waals surface area contributed by atoms with Gasteiger partial charge in [-0.05, 0) is 31.2 Å². The van der Waals surface area contributed by atoms with E-state index >= 15 is 0 Å². The van der Waals surface area contributed by atoms with Crippen molar-refractivity contribution >= 4 is 22.8 Å². The lowest BCUT2D eigenvalue weighted by Gasteiger charge is -2.06. The summed E-state index contributed by atoms with van der Waals surface area (Å²) in [5.41, 5.74) is 0.0890. The van der Waals surface area contributed by atoms with Crippen LogP contribution in [0.2, 0.25) is 0 Å². The Balaban J connectivity index is 1.65. The Labute approximate surface area is 148 Å². The molecule has 0 fully saturated rings. The number of carbonyl (C=O) groups excluding carboxylic acids is 1. The van der Waals surface area contributed by atoms with E-state index in [1.165, 1.54) is 11.6 Å². The summed E-state index contributed by atoms with van der Waals surface area (Å²) >= 11 is 0. The second-order valence-corrected chi connectivity index (χ2v) is 5.71. The van der Waals surface area contributed by atoms with E-state index in [1.54, 1.807) is 24.3 Å². The van der Waals surface area contributed by atoms with Crippen LogP contribution in [-0.4, -0.2) is 32.0 Å². The third-order valence-corrected chi connectivity index (χ3v) is 3.84. The number of amides is 1. The summed E-state index contributed by atoms with van der Waals surface area (Å²) in [5.74, 6) is 1.02. The monoisotopic (exact) mass is 357 g/mol. The highest BCUT2D eigenvalue weighted by Crippen LogP contribution is 2.16. The minimum atomic E-state index is -0.534. The average Bonchev–Trinajstić information content (AvgIpc) is 3.05. The largest absolute Gasteiger partial charge is 0.494 e. The van der Waals surface area contributed by atoms with Crippen molar-refractivity contribution in [2.45, 2.75) is 19.8 Å². The number of aromatic nitrogens is 4. The van der Waals surface area contributed by atoms with Gasteiger partial charge in [-0.3, -0.25) is 19.1 Å². The Morgan fingerprint density at radius 2 is 1.96 bits per heavy atom. The molecule has 0 saturated heterocycles. The van der Waals surface area contributed by atoms with E-state index in [0.717, 1.165) is 5.75 Å². The second kappa shape index (κ2) is 7.26. The second-order valence-electron chi connectivity index (χ2n) is 5.71. The molecule has 2 aromatic heterocycles. The van der Waals surface area contributed by atoms with Gasteiger partial charge in [0.1, 0.15) is 17.1 Å². The summed E-state index contributed by atoms with van der Waals surface area (Å²) in [7, 11) is 1.52. The number of aryl methyl sites for hydroxylation is 2. The van der Waals surface area contributed by atoms with Gasteiger partial charge in [0, 0.05) is 25.6 Å². The zero-order valence-electron chi connectivity index (χ0n) is 14.5. The first-order valence-electron chi connectivity index (χ1n) is 8.18. The number of hydrogen-bond donors (Lipinski definition) is 3. The van der Waals surface area contributed by atoms with Crippen LogP contribution in [-0.2, 0) is 18.3 Å². The van der Waals surface area contributed by atoms with Crippen LogP contribution in [0.1, 0.15) is 19.2 Å². The lowest BCUT2D eigenvalue weighted by Crippen LogP contribution is -2.28. The highest BCUT2D eigenvalue weighted by molar-refractivity contribution is 5.90. The molecular formula is C17H19N5O4. The first-order valence-corrected chi connectivity index (χ1v) is 8.18. The molecule has 3 aromatic rings. The highest BCUT2D eigenvalue weighted by atomic mass is 16.5. The number of fused-ring (bicyclic) bond motifs is 1. The standard InChI is InChI=1S/C17H19N5O4/c1-3-26-11-6-4-10(5-7-11)18-13(23)9-8-12-19-14-15(20-12)22(2)17(25)21-16(14)24/h4-7H,3,8-9H2,1-2H3,(H,18,23)(H,19,20)(H,21,24,25). The molecule has 1 aromatic carbocycles. The number of imidazole rings is 1. The van der Waals surface area contributed by atoms with Crippen LogP contribution in [0.5, 0.6) is 5.75 Å². The van der Waals surface area contributed by atoms with Gasteiger partial charge >= 0.3 is 5.69 Å². The Kier molecular flexibility index (Phi) is 4.87. The van der Waals surface area contributed by atoms with E-state index < -0.39 is 11.2 Å². The van der Waals surface area contributed by atoms with Crippen LogP contribution >= 0.6 is 0 Å². The van der Waals surface area contributed by atoms with E-state index in [0.29, 0.717) is 24.5 Å². The van der Waals surface area contributed by atoms with Crippen LogP contribution in [0.4, 0.5) is 5.69 Å². The number of hydrogen-bond acceptors (Lipinski definition) is 5. The van der Waals surface area contributed by atoms with Crippen molar-refractivity contribution in [2.75, 3.05) is 11.9 Å². The van der Waals surface area contributed by atoms with Gasteiger partial charge in [-0.25, -0.2) is 9.78 Å². The number of aromatic amines is 2. The van der Waals surface area contributed by atoms with Gasteiger partial charge in [0.2, 0.25) is 5.91 Å². The zero-order chi connectivity index (χ0) is 18.7. The summed E-state index contributed by atoms with van der Waals surface area (Å²) in [5, 5.41) is 2.79. The number of nitrogens with zero attached hydrogens (tertiary/aromatic N) is 2. The minimum absolute atomic E-state index is 0.179. The summed E-state index contributed by atoms with van der Waals surface area (Å²) < 4.78 is 6.60. The van der Waals surface area contributed by atoms with Crippen molar-refractivity contribution in [2.24, 2.45) is 7.05 Å². The molecule has 9 heteroatoms. The van der Waals surface area contributed by atoms with Crippen molar-refractivity contribution in [3.05, 3.63) is 50.9 Å². The van der Waals surface area contributed by atoms with Crippen molar-refractivity contribution in [3.63, 3.8) is 0 Å². The predicted molar refractivity (Wildman–Crippen MR) is 96.5 cm³/mol. The maximum atomic E-state index is 12.1. The van der Waals surface area contributed by atoms with Gasteiger partial charge < -0.3 is 15.0 Å². The number of benzene rings is 1. The SMILES string of the molecule is CCOc1ccc(NC(=O)CCc2nc3c([nH]2)c(=O)[nH]c(=O)n3C)cc1. The average molecular weight is 357 g/mol. The minimum Gasteiger partial charge on any atom is -0.494 e. The fourth-order valence-electron chi connectivity index (χ4n) is 2.53. The number of carbonyl (C=O) groups is 1. The molecule has 136 valence electrons. The van der Waals surface area contributed by atoms with Gasteiger partial charge in [0.05, 0.1) is 6.61 Å². The topological polar surface area (TPSA) is 122 Å². The first-order chi connectivity index (χ1) is 12.5. The number of anilines is 1. The third-order valence-electron chi connectivity index (χ3n) is 3.84. The predicted octanol–water partition coefficient (Wildman–Crippen LogP) is 0.920. The molecule has 1 amide bonds. The van der Waals surface area contributed by atoms with Crippen LogP contribution in [0.3, 0.4) is 0 Å². The molecule has 0 atom stereocenters. The zero-order valence-corrected chi connectivity index (χ0v) is 14.5. The summed E-state index contributed by atoms with van der Waals surface area (Å²) in [6.07, 6.45) is 0.490. The molecule has 0 unspecified atom stereocenters. The van der Waals surface area contributed by atoms with Crippen LogP contribution in [0.25, 0.3) is 11.2 Å². The van der Waals surface area contributed by atoms with E-state index in [4.69, 9.17) is 4.74 Å². The van der Waals surface area contributed by atoms with Crippen molar-refractivity contribution in [3.8, 4) is 5.75 Å². The molecule has 3 N–H and O–H groups in total. The number of rotatable bonds is 6. The van der Waals surface area contributed by atoms with Crippen LogP contribution in [0.15, 0.2) is 33.9 Å². The third kappa shape index (κ3) is 3.66. The van der Waals surface area contributed by atoms with Gasteiger partial charge in [-0.2, -0.15) is 0 Å². The van der Waals surface area contributed by atoms with Crippen molar-refractivity contribution in [1.82, 2.24) is 19.5 Å². The van der Waals surface area contributed by atoms with Gasteiger partial charge in [-0.1, -0.05) is 0 Å². The Morgan fingerprint density at radius 1 is 1.23 bits per heavy atom. The number of H-pyrrole nitrogens is 2. The van der Waals surface area contributed by atoms with Crippen LogP contribution < -0.4 is 21.3 Å². The molecule has 3 rings (SSSR count). The van der Waals surface area contributed by atoms with Crippen molar-refractivity contribution < 1.29 is 9.53 Å². The fraction of sp³-hybridized carbons (Fsp3) is 0.294. The van der Waals surface area contributed by atoms with Gasteiger partial charge in [0.25, 0.3) is 5.56 Å². The Bertz CT molecular complexity index is 1050. The smallest absolute Gasteiger partial charge is 0.329 e. The molecular weight excluding hydrogens is 338 g/mol. The summed E-state index contributed by atoms with van der Waals surface area (Å²) in [6.45, 7) is 2.48.